The maximum atomic E-state index is 10.7. The summed E-state index contributed by atoms with van der Waals surface area (Å²) in [7, 11) is 0. The molecule has 12 heteroatoms. The van der Waals surface area contributed by atoms with Gasteiger partial charge in [0.1, 0.15) is 0 Å². The Balaban J connectivity index is 1.91. The molecular formula is C18H22N8O4. The Kier molecular flexibility index (Phi) is 8.29. The third-order valence-corrected chi connectivity index (χ3v) is 4.04. The highest BCUT2D eigenvalue weighted by Gasteiger charge is 2.06. The first kappa shape index (κ1) is 22.3. The van der Waals surface area contributed by atoms with E-state index in [0.717, 1.165) is 0 Å². The maximum absolute atomic E-state index is 10.7. The van der Waals surface area contributed by atoms with Gasteiger partial charge in [0.15, 0.2) is 0 Å². The first-order valence-electron chi connectivity index (χ1n) is 9.25. The first-order valence-corrected chi connectivity index (χ1v) is 9.25. The van der Waals surface area contributed by atoms with Gasteiger partial charge >= 0.3 is 0 Å². The lowest BCUT2D eigenvalue weighted by Crippen LogP contribution is -2.29. The van der Waals surface area contributed by atoms with Crippen LogP contribution in [0.15, 0.2) is 69.2 Å². The average molecular weight is 414 g/mol. The molecule has 0 unspecified atom stereocenters. The molecule has 0 N–H and O–H groups in total. The van der Waals surface area contributed by atoms with Gasteiger partial charge in [0.05, 0.1) is 34.3 Å². The lowest BCUT2D eigenvalue weighted by Gasteiger charge is -2.20. The monoisotopic (exact) mass is 414 g/mol. The molecule has 2 aromatic carbocycles. The zero-order valence-corrected chi connectivity index (χ0v) is 16.7. The number of rotatable bonds is 11. The van der Waals surface area contributed by atoms with Crippen LogP contribution in [-0.2, 0) is 0 Å². The van der Waals surface area contributed by atoms with Crippen LogP contribution in [0, 0.1) is 20.2 Å². The van der Waals surface area contributed by atoms with Crippen molar-refractivity contribution in [3.8, 4) is 0 Å². The lowest BCUT2D eigenvalue weighted by atomic mass is 10.3. The summed E-state index contributed by atoms with van der Waals surface area (Å²) in [5.74, 6) is 0. The van der Waals surface area contributed by atoms with Crippen LogP contribution in [0.2, 0.25) is 0 Å². The molecule has 30 heavy (non-hydrogen) atoms. The Labute approximate surface area is 172 Å². The minimum Gasteiger partial charge on any atom is -0.277 e. The number of hydrogen-bond acceptors (Lipinski definition) is 8. The molecular weight excluding hydrogens is 392 g/mol. The lowest BCUT2D eigenvalue weighted by molar-refractivity contribution is -0.385. The number of nitro benzene ring substituents is 2. The van der Waals surface area contributed by atoms with Crippen LogP contribution in [0.5, 0.6) is 0 Å². The molecule has 2 rings (SSSR count). The normalized spacial score (nSPS) is 11.1. The zero-order valence-electron chi connectivity index (χ0n) is 16.7. The van der Waals surface area contributed by atoms with Crippen molar-refractivity contribution in [2.24, 2.45) is 20.7 Å². The Morgan fingerprint density at radius 1 is 0.700 bits per heavy atom. The summed E-state index contributed by atoms with van der Waals surface area (Å²) in [5.41, 5.74) is 1.03. The second-order valence-electron chi connectivity index (χ2n) is 6.02. The van der Waals surface area contributed by atoms with Crippen LogP contribution in [0.3, 0.4) is 0 Å². The summed E-state index contributed by atoms with van der Waals surface area (Å²) in [4.78, 5) is 20.4. The standard InChI is InChI=1S/C18H22N8O4/c1-3-23(21-19-15-5-9-17(10-6-15)25(27)28)13-14-24(4-2)22-20-16-7-11-18(12-8-16)26(29)30/h5-12H,3-4,13-14H2,1-2H3. The van der Waals surface area contributed by atoms with Crippen molar-refractivity contribution in [1.82, 2.24) is 10.0 Å². The fraction of sp³-hybridized carbons (Fsp3) is 0.333. The summed E-state index contributed by atoms with van der Waals surface area (Å²) >= 11 is 0. The highest BCUT2D eigenvalue weighted by Crippen LogP contribution is 2.19. The summed E-state index contributed by atoms with van der Waals surface area (Å²) in [5, 5.41) is 41.4. The average Bonchev–Trinajstić information content (AvgIpc) is 2.76. The van der Waals surface area contributed by atoms with Gasteiger partial charge in [0, 0.05) is 37.4 Å². The molecule has 0 aliphatic carbocycles. The smallest absolute Gasteiger partial charge is 0.269 e. The van der Waals surface area contributed by atoms with E-state index in [4.69, 9.17) is 0 Å². The van der Waals surface area contributed by atoms with Crippen LogP contribution in [0.4, 0.5) is 22.7 Å². The molecule has 0 amide bonds. The molecule has 0 saturated carbocycles. The maximum Gasteiger partial charge on any atom is 0.269 e. The molecule has 0 spiro atoms. The predicted octanol–water partition coefficient (Wildman–Crippen LogP) is 4.84. The molecule has 0 atom stereocenters. The van der Waals surface area contributed by atoms with E-state index < -0.39 is 9.85 Å². The van der Waals surface area contributed by atoms with Crippen LogP contribution < -0.4 is 0 Å². The third kappa shape index (κ3) is 6.89. The quantitative estimate of drug-likeness (QED) is 0.292. The highest BCUT2D eigenvalue weighted by molar-refractivity contribution is 5.44. The van der Waals surface area contributed by atoms with E-state index in [0.29, 0.717) is 37.6 Å². The van der Waals surface area contributed by atoms with E-state index in [-0.39, 0.29) is 11.4 Å². The van der Waals surface area contributed by atoms with Crippen molar-refractivity contribution in [3.05, 3.63) is 68.8 Å². The van der Waals surface area contributed by atoms with E-state index in [2.05, 4.69) is 20.7 Å². The molecule has 0 aromatic heterocycles. The number of hydrogen-bond donors (Lipinski definition) is 0. The minimum absolute atomic E-state index is 0.00160. The van der Waals surface area contributed by atoms with Crippen LogP contribution in [0.1, 0.15) is 13.8 Å². The Morgan fingerprint density at radius 3 is 1.30 bits per heavy atom. The molecule has 12 nitrogen and oxygen atoms in total. The van der Waals surface area contributed by atoms with Crippen molar-refractivity contribution >= 4 is 22.7 Å². The zero-order chi connectivity index (χ0) is 21.9. The molecule has 0 radical (unpaired) electrons. The van der Waals surface area contributed by atoms with E-state index in [9.17, 15) is 20.2 Å². The highest BCUT2D eigenvalue weighted by atomic mass is 16.6. The van der Waals surface area contributed by atoms with Gasteiger partial charge in [-0.1, -0.05) is 10.4 Å². The van der Waals surface area contributed by atoms with Crippen molar-refractivity contribution in [2.75, 3.05) is 26.2 Å². The summed E-state index contributed by atoms with van der Waals surface area (Å²) in [6, 6.07) is 11.6. The number of nitrogens with zero attached hydrogens (tertiary/aromatic N) is 8. The number of likely N-dealkylation sites (N-methyl/N-ethyl adjacent to an activating group) is 2. The molecule has 2 aromatic rings. The molecule has 158 valence electrons. The Morgan fingerprint density at radius 2 is 1.03 bits per heavy atom. The second kappa shape index (κ2) is 11.1. The van der Waals surface area contributed by atoms with Gasteiger partial charge in [-0.05, 0) is 38.1 Å². The summed E-state index contributed by atoms with van der Waals surface area (Å²) in [6.07, 6.45) is 0. The van der Waals surface area contributed by atoms with Gasteiger partial charge in [-0.15, -0.1) is 10.2 Å². The van der Waals surface area contributed by atoms with Gasteiger partial charge in [0.25, 0.3) is 11.4 Å². The van der Waals surface area contributed by atoms with E-state index in [1.807, 2.05) is 13.8 Å². The second-order valence-corrected chi connectivity index (χ2v) is 6.02. The van der Waals surface area contributed by atoms with Crippen LogP contribution in [0.25, 0.3) is 0 Å². The minimum atomic E-state index is -0.468. The van der Waals surface area contributed by atoms with Crippen molar-refractivity contribution in [1.29, 1.82) is 0 Å². The molecule has 0 heterocycles. The SMILES string of the molecule is CCN(CCN(CC)N=Nc1ccc([N+](=O)[O-])cc1)N=Nc1ccc([N+](=O)[O-])cc1. The number of non-ortho nitro benzene ring substituents is 2. The number of benzene rings is 2. The van der Waals surface area contributed by atoms with Gasteiger partial charge in [-0.25, -0.2) is 0 Å². The summed E-state index contributed by atoms with van der Waals surface area (Å²) in [6.45, 7) is 6.19. The fourth-order valence-corrected chi connectivity index (χ4v) is 2.27. The van der Waals surface area contributed by atoms with Gasteiger partial charge in [-0.2, -0.15) is 0 Å². The van der Waals surface area contributed by atoms with Gasteiger partial charge in [-0.3, -0.25) is 30.2 Å². The third-order valence-electron chi connectivity index (χ3n) is 4.04. The molecule has 0 fully saturated rings. The van der Waals surface area contributed by atoms with Crippen molar-refractivity contribution < 1.29 is 9.85 Å². The first-order chi connectivity index (χ1) is 14.4. The fourth-order valence-electron chi connectivity index (χ4n) is 2.27. The van der Waals surface area contributed by atoms with Crippen LogP contribution >= 0.6 is 0 Å². The van der Waals surface area contributed by atoms with Gasteiger partial charge in [0.2, 0.25) is 0 Å². The largest absolute Gasteiger partial charge is 0.277 e. The van der Waals surface area contributed by atoms with E-state index in [1.165, 1.54) is 48.5 Å². The van der Waals surface area contributed by atoms with Crippen LogP contribution in [-0.4, -0.2) is 46.0 Å². The topological polar surface area (TPSA) is 142 Å². The molecule has 0 aliphatic rings. The van der Waals surface area contributed by atoms with E-state index >= 15 is 0 Å². The molecule has 0 bridgehead atoms. The number of nitro groups is 2. The van der Waals surface area contributed by atoms with E-state index in [1.54, 1.807) is 10.0 Å². The molecule has 0 aliphatic heterocycles. The van der Waals surface area contributed by atoms with Crippen molar-refractivity contribution in [2.45, 2.75) is 13.8 Å². The summed E-state index contributed by atoms with van der Waals surface area (Å²) < 4.78 is 0. The van der Waals surface area contributed by atoms with Crippen molar-refractivity contribution in [3.63, 3.8) is 0 Å². The predicted molar refractivity (Wildman–Crippen MR) is 110 cm³/mol. The Hall–Kier alpha value is -3.96. The Bertz CT molecular complexity index is 824. The molecule has 0 saturated heterocycles. The van der Waals surface area contributed by atoms with Gasteiger partial charge < -0.3 is 0 Å².